The van der Waals surface area contributed by atoms with Crippen molar-refractivity contribution in [1.82, 2.24) is 5.32 Å². The smallest absolute Gasteiger partial charge is 0.232 e. The highest BCUT2D eigenvalue weighted by Gasteiger charge is 2.11. The van der Waals surface area contributed by atoms with Crippen LogP contribution in [0.25, 0.3) is 0 Å². The molecule has 0 saturated heterocycles. The van der Waals surface area contributed by atoms with Crippen LogP contribution in [0.4, 0.5) is 10.1 Å². The molecule has 19 heavy (non-hydrogen) atoms. The zero-order valence-electron chi connectivity index (χ0n) is 10.9. The largest absolute Gasteiger partial charge is 0.314 e. The summed E-state index contributed by atoms with van der Waals surface area (Å²) in [5.74, 6) is -0.576. The number of halogens is 2. The maximum absolute atomic E-state index is 12.9. The summed E-state index contributed by atoms with van der Waals surface area (Å²) in [5.41, 5.74) is 0.267. The third kappa shape index (κ3) is 6.22. The number of anilines is 1. The first-order chi connectivity index (χ1) is 8.80. The van der Waals surface area contributed by atoms with Gasteiger partial charge in [-0.3, -0.25) is 4.72 Å². The van der Waals surface area contributed by atoms with E-state index in [0.29, 0.717) is 19.0 Å². The van der Waals surface area contributed by atoms with Crippen molar-refractivity contribution >= 4 is 27.3 Å². The van der Waals surface area contributed by atoms with Gasteiger partial charge in [0.2, 0.25) is 10.0 Å². The zero-order chi connectivity index (χ0) is 14.5. The Hall–Kier alpha value is -0.850. The monoisotopic (exact) mass is 308 g/mol. The minimum atomic E-state index is -3.43. The maximum Gasteiger partial charge on any atom is 0.232 e. The van der Waals surface area contributed by atoms with Crippen molar-refractivity contribution in [2.24, 2.45) is 0 Å². The topological polar surface area (TPSA) is 58.2 Å². The van der Waals surface area contributed by atoms with Crippen LogP contribution in [0.5, 0.6) is 0 Å². The summed E-state index contributed by atoms with van der Waals surface area (Å²) in [6.45, 7) is 4.61. The second kappa shape index (κ2) is 7.07. The van der Waals surface area contributed by atoms with Crippen LogP contribution in [0.2, 0.25) is 5.02 Å². The molecule has 108 valence electrons. The summed E-state index contributed by atoms with van der Waals surface area (Å²) in [6, 6.07) is 4.04. The average molecular weight is 309 g/mol. The van der Waals surface area contributed by atoms with Crippen molar-refractivity contribution in [1.29, 1.82) is 0 Å². The van der Waals surface area contributed by atoms with Crippen LogP contribution in [0, 0.1) is 5.82 Å². The van der Waals surface area contributed by atoms with E-state index in [1.165, 1.54) is 12.1 Å². The van der Waals surface area contributed by atoms with Gasteiger partial charge in [0.05, 0.1) is 16.5 Å². The predicted molar refractivity (Wildman–Crippen MR) is 76.6 cm³/mol. The van der Waals surface area contributed by atoms with E-state index < -0.39 is 15.8 Å². The first-order valence-corrected chi connectivity index (χ1v) is 8.02. The highest BCUT2D eigenvalue weighted by molar-refractivity contribution is 7.92. The molecule has 1 aromatic carbocycles. The summed E-state index contributed by atoms with van der Waals surface area (Å²) in [5, 5.41) is 3.03. The van der Waals surface area contributed by atoms with E-state index in [-0.39, 0.29) is 16.5 Å². The SMILES string of the molecule is CC(C)NCCCS(=O)(=O)Nc1ccc(F)c(Cl)c1. The number of rotatable bonds is 7. The Kier molecular flexibility index (Phi) is 6.03. The van der Waals surface area contributed by atoms with Gasteiger partial charge >= 0.3 is 0 Å². The summed E-state index contributed by atoms with van der Waals surface area (Å²) in [7, 11) is -3.43. The molecule has 0 unspecified atom stereocenters. The second-order valence-corrected chi connectivity index (χ2v) is 6.76. The third-order valence-electron chi connectivity index (χ3n) is 2.34. The minimum Gasteiger partial charge on any atom is -0.314 e. The molecule has 0 radical (unpaired) electrons. The van der Waals surface area contributed by atoms with Gasteiger partial charge in [0.15, 0.2) is 0 Å². The Labute approximate surface area is 118 Å². The first-order valence-electron chi connectivity index (χ1n) is 5.99. The van der Waals surface area contributed by atoms with Gasteiger partial charge in [-0.25, -0.2) is 12.8 Å². The van der Waals surface area contributed by atoms with E-state index in [9.17, 15) is 12.8 Å². The van der Waals surface area contributed by atoms with Crippen LogP contribution in [-0.2, 0) is 10.0 Å². The molecule has 1 aromatic rings. The zero-order valence-corrected chi connectivity index (χ0v) is 12.5. The van der Waals surface area contributed by atoms with E-state index in [1.807, 2.05) is 13.8 Å². The highest BCUT2D eigenvalue weighted by Crippen LogP contribution is 2.20. The summed E-state index contributed by atoms with van der Waals surface area (Å²) in [4.78, 5) is 0. The Balaban J connectivity index is 2.52. The van der Waals surface area contributed by atoms with Crippen LogP contribution in [0.1, 0.15) is 20.3 Å². The lowest BCUT2D eigenvalue weighted by Crippen LogP contribution is -2.26. The Morgan fingerprint density at radius 1 is 1.37 bits per heavy atom. The van der Waals surface area contributed by atoms with E-state index in [0.717, 1.165) is 6.07 Å². The van der Waals surface area contributed by atoms with Crippen LogP contribution >= 0.6 is 11.6 Å². The summed E-state index contributed by atoms with van der Waals surface area (Å²) in [6.07, 6.45) is 0.502. The van der Waals surface area contributed by atoms with Gasteiger partial charge in [0, 0.05) is 6.04 Å². The normalized spacial score (nSPS) is 11.8. The van der Waals surface area contributed by atoms with Crippen molar-refractivity contribution < 1.29 is 12.8 Å². The minimum absolute atomic E-state index is 0.00170. The molecule has 0 aliphatic carbocycles. The van der Waals surface area contributed by atoms with E-state index in [1.54, 1.807) is 0 Å². The van der Waals surface area contributed by atoms with Crippen molar-refractivity contribution in [3.8, 4) is 0 Å². The predicted octanol–water partition coefficient (Wildman–Crippen LogP) is 2.61. The molecular weight excluding hydrogens is 291 g/mol. The molecule has 2 N–H and O–H groups in total. The van der Waals surface area contributed by atoms with Crippen molar-refractivity contribution in [3.63, 3.8) is 0 Å². The number of hydrogen-bond donors (Lipinski definition) is 2. The number of hydrogen-bond acceptors (Lipinski definition) is 3. The molecule has 0 aromatic heterocycles. The van der Waals surface area contributed by atoms with Crippen LogP contribution < -0.4 is 10.0 Å². The van der Waals surface area contributed by atoms with Crippen molar-refractivity contribution in [3.05, 3.63) is 29.0 Å². The Bertz CT molecular complexity index is 520. The molecular formula is C12H18ClFN2O2S. The fourth-order valence-corrected chi connectivity index (χ4v) is 2.74. The van der Waals surface area contributed by atoms with Gasteiger partial charge in [0.25, 0.3) is 0 Å². The summed E-state index contributed by atoms with van der Waals surface area (Å²) < 4.78 is 38.8. The fourth-order valence-electron chi connectivity index (χ4n) is 1.44. The maximum atomic E-state index is 12.9. The number of benzene rings is 1. The van der Waals surface area contributed by atoms with Gasteiger partial charge in [-0.1, -0.05) is 25.4 Å². The van der Waals surface area contributed by atoms with Crippen molar-refractivity contribution in [2.75, 3.05) is 17.0 Å². The van der Waals surface area contributed by atoms with Crippen LogP contribution in [0.3, 0.4) is 0 Å². The van der Waals surface area contributed by atoms with Gasteiger partial charge in [-0.05, 0) is 31.2 Å². The molecule has 1 rings (SSSR count). The molecule has 0 aliphatic rings. The van der Waals surface area contributed by atoms with Gasteiger partial charge in [0.1, 0.15) is 5.82 Å². The van der Waals surface area contributed by atoms with Crippen molar-refractivity contribution in [2.45, 2.75) is 26.3 Å². The third-order valence-corrected chi connectivity index (χ3v) is 4.00. The van der Waals surface area contributed by atoms with Gasteiger partial charge < -0.3 is 5.32 Å². The lowest BCUT2D eigenvalue weighted by molar-refractivity contribution is 0.571. The lowest BCUT2D eigenvalue weighted by Gasteiger charge is -2.10. The quantitative estimate of drug-likeness (QED) is 0.761. The number of sulfonamides is 1. The van der Waals surface area contributed by atoms with Crippen LogP contribution in [0.15, 0.2) is 18.2 Å². The molecule has 0 aliphatic heterocycles. The van der Waals surface area contributed by atoms with E-state index >= 15 is 0 Å². The average Bonchev–Trinajstić information content (AvgIpc) is 2.29. The summed E-state index contributed by atoms with van der Waals surface area (Å²) >= 11 is 5.58. The Morgan fingerprint density at radius 2 is 2.05 bits per heavy atom. The van der Waals surface area contributed by atoms with Gasteiger partial charge in [-0.2, -0.15) is 0 Å². The lowest BCUT2D eigenvalue weighted by atomic mass is 10.3. The number of nitrogens with one attached hydrogen (secondary N) is 2. The van der Waals surface area contributed by atoms with E-state index in [2.05, 4.69) is 10.0 Å². The standard InChI is InChI=1S/C12H18ClFN2O2S/c1-9(2)15-6-3-7-19(17,18)16-10-4-5-12(14)11(13)8-10/h4-5,8-9,15-16H,3,6-7H2,1-2H3. The molecule has 4 nitrogen and oxygen atoms in total. The Morgan fingerprint density at radius 3 is 2.63 bits per heavy atom. The fraction of sp³-hybridized carbons (Fsp3) is 0.500. The van der Waals surface area contributed by atoms with Gasteiger partial charge in [-0.15, -0.1) is 0 Å². The molecule has 0 heterocycles. The second-order valence-electron chi connectivity index (χ2n) is 4.51. The molecule has 7 heteroatoms. The molecule has 0 saturated carbocycles. The van der Waals surface area contributed by atoms with Crippen LogP contribution in [-0.4, -0.2) is 26.8 Å². The molecule has 0 bridgehead atoms. The molecule has 0 fully saturated rings. The molecule has 0 amide bonds. The van der Waals surface area contributed by atoms with E-state index in [4.69, 9.17) is 11.6 Å². The highest BCUT2D eigenvalue weighted by atomic mass is 35.5. The molecule has 0 atom stereocenters. The molecule has 0 spiro atoms. The first kappa shape index (κ1) is 16.2.